The summed E-state index contributed by atoms with van der Waals surface area (Å²) in [7, 11) is 3.10. The highest BCUT2D eigenvalue weighted by Crippen LogP contribution is 2.49. The first-order valence-electron chi connectivity index (χ1n) is 10.2. The van der Waals surface area contributed by atoms with Crippen molar-refractivity contribution in [2.24, 2.45) is 5.92 Å². The summed E-state index contributed by atoms with van der Waals surface area (Å²) >= 11 is 0. The molecule has 29 heavy (non-hydrogen) atoms. The number of fused-ring (bicyclic) bond motifs is 2. The van der Waals surface area contributed by atoms with E-state index in [1.165, 1.54) is 12.0 Å². The molecule has 2 aliphatic heterocycles. The van der Waals surface area contributed by atoms with Crippen LogP contribution in [0, 0.1) is 5.92 Å². The first-order chi connectivity index (χ1) is 13.9. The number of nitrogens with zero attached hydrogens (tertiary/aromatic N) is 2. The first kappa shape index (κ1) is 21.3. The molecule has 3 amide bonds. The molecule has 2 aliphatic rings. The van der Waals surface area contributed by atoms with Crippen LogP contribution in [-0.2, 0) is 24.5 Å². The number of carbonyl (C=O) groups is 3. The lowest BCUT2D eigenvalue weighted by molar-refractivity contribution is -0.141. The van der Waals surface area contributed by atoms with Gasteiger partial charge in [0.15, 0.2) is 5.41 Å². The Morgan fingerprint density at radius 3 is 2.41 bits per heavy atom. The summed E-state index contributed by atoms with van der Waals surface area (Å²) in [5.74, 6) is 0.0964. The van der Waals surface area contributed by atoms with E-state index in [0.717, 1.165) is 19.3 Å². The standard InChI is InChI=1S/C22H30N2O5/c1-15(2)7-5-6-10-24-19(25)14-22(21(24)27)17-13-16(29-4)8-9-18(17)23(20(22)26)11-12-28-3/h8-9,13,15H,5-7,10-12,14H2,1-4H3. The highest BCUT2D eigenvalue weighted by atomic mass is 16.5. The minimum atomic E-state index is -1.48. The number of carbonyl (C=O) groups excluding carboxylic acids is 3. The number of unbranched alkanes of at least 4 members (excludes halogenated alkanes) is 1. The van der Waals surface area contributed by atoms with E-state index in [4.69, 9.17) is 9.47 Å². The van der Waals surface area contributed by atoms with E-state index in [9.17, 15) is 14.4 Å². The van der Waals surface area contributed by atoms with Gasteiger partial charge in [0.2, 0.25) is 17.7 Å². The molecular weight excluding hydrogens is 372 g/mol. The summed E-state index contributed by atoms with van der Waals surface area (Å²) in [6.07, 6.45) is 2.61. The molecule has 158 valence electrons. The summed E-state index contributed by atoms with van der Waals surface area (Å²) in [6.45, 7) is 5.33. The molecule has 1 saturated heterocycles. The molecule has 7 heteroatoms. The van der Waals surface area contributed by atoms with Crippen molar-refractivity contribution in [3.8, 4) is 5.75 Å². The molecular formula is C22H30N2O5. The van der Waals surface area contributed by atoms with Crippen molar-refractivity contribution < 1.29 is 23.9 Å². The molecule has 1 fully saturated rings. The Hall–Kier alpha value is -2.41. The fourth-order valence-electron chi connectivity index (χ4n) is 4.25. The van der Waals surface area contributed by atoms with Gasteiger partial charge < -0.3 is 14.4 Å². The summed E-state index contributed by atoms with van der Waals surface area (Å²) in [6, 6.07) is 5.25. The van der Waals surface area contributed by atoms with Crippen LogP contribution in [0.3, 0.4) is 0 Å². The maximum Gasteiger partial charge on any atom is 0.250 e. The topological polar surface area (TPSA) is 76.2 Å². The zero-order chi connectivity index (χ0) is 21.2. The third-order valence-corrected chi connectivity index (χ3v) is 5.82. The Kier molecular flexibility index (Phi) is 6.27. The second kappa shape index (κ2) is 8.53. The van der Waals surface area contributed by atoms with Gasteiger partial charge in [-0.2, -0.15) is 0 Å². The number of anilines is 1. The molecule has 0 bridgehead atoms. The van der Waals surface area contributed by atoms with Gasteiger partial charge in [0, 0.05) is 31.5 Å². The lowest BCUT2D eigenvalue weighted by Gasteiger charge is -2.22. The van der Waals surface area contributed by atoms with Gasteiger partial charge in [0.1, 0.15) is 5.75 Å². The van der Waals surface area contributed by atoms with Crippen molar-refractivity contribution >= 4 is 23.4 Å². The molecule has 1 aromatic rings. The van der Waals surface area contributed by atoms with E-state index in [1.54, 1.807) is 30.2 Å². The smallest absolute Gasteiger partial charge is 0.250 e. The van der Waals surface area contributed by atoms with Crippen molar-refractivity contribution in [3.63, 3.8) is 0 Å². The number of imide groups is 1. The van der Waals surface area contributed by atoms with Crippen LogP contribution in [0.1, 0.15) is 45.1 Å². The van der Waals surface area contributed by atoms with Crippen molar-refractivity contribution in [2.75, 3.05) is 38.8 Å². The zero-order valence-electron chi connectivity index (χ0n) is 17.7. The van der Waals surface area contributed by atoms with Crippen LogP contribution in [0.2, 0.25) is 0 Å². The van der Waals surface area contributed by atoms with E-state index < -0.39 is 11.3 Å². The number of hydrogen-bond donors (Lipinski definition) is 0. The number of likely N-dealkylation sites (tertiary alicyclic amines) is 1. The number of benzene rings is 1. The predicted molar refractivity (Wildman–Crippen MR) is 109 cm³/mol. The molecule has 1 atom stereocenters. The van der Waals surface area contributed by atoms with Gasteiger partial charge in [-0.25, -0.2) is 0 Å². The van der Waals surface area contributed by atoms with Crippen LogP contribution >= 0.6 is 0 Å². The quantitative estimate of drug-likeness (QED) is 0.360. The average molecular weight is 402 g/mol. The molecule has 0 N–H and O–H groups in total. The maximum absolute atomic E-state index is 13.4. The van der Waals surface area contributed by atoms with E-state index >= 15 is 0 Å². The van der Waals surface area contributed by atoms with E-state index in [1.807, 2.05) is 0 Å². The zero-order valence-corrected chi connectivity index (χ0v) is 17.7. The summed E-state index contributed by atoms with van der Waals surface area (Å²) in [4.78, 5) is 42.5. The number of amides is 3. The van der Waals surface area contributed by atoms with E-state index in [0.29, 0.717) is 42.6 Å². The molecule has 1 aromatic carbocycles. The second-order valence-corrected chi connectivity index (χ2v) is 8.15. The third-order valence-electron chi connectivity index (χ3n) is 5.82. The number of rotatable bonds is 9. The van der Waals surface area contributed by atoms with Gasteiger partial charge in [-0.05, 0) is 30.5 Å². The monoisotopic (exact) mass is 402 g/mol. The fraction of sp³-hybridized carbons (Fsp3) is 0.591. The third kappa shape index (κ3) is 3.64. The lowest BCUT2D eigenvalue weighted by atomic mass is 9.80. The SMILES string of the molecule is COCCN1C(=O)C2(CC(=O)N(CCCCC(C)C)C2=O)c2cc(OC)ccc21. The van der Waals surface area contributed by atoms with Gasteiger partial charge in [0.05, 0.1) is 20.1 Å². The summed E-state index contributed by atoms with van der Waals surface area (Å²) in [5.41, 5.74) is -0.274. The largest absolute Gasteiger partial charge is 0.497 e. The van der Waals surface area contributed by atoms with Gasteiger partial charge in [-0.1, -0.05) is 26.7 Å². The normalized spacial score (nSPS) is 21.1. The summed E-state index contributed by atoms with van der Waals surface area (Å²) < 4.78 is 10.5. The van der Waals surface area contributed by atoms with Crippen molar-refractivity contribution in [3.05, 3.63) is 23.8 Å². The Morgan fingerprint density at radius 2 is 1.76 bits per heavy atom. The average Bonchev–Trinajstić information content (AvgIpc) is 3.09. The highest BCUT2D eigenvalue weighted by molar-refractivity contribution is 6.28. The molecule has 1 unspecified atom stereocenters. The minimum Gasteiger partial charge on any atom is -0.497 e. The molecule has 7 nitrogen and oxygen atoms in total. The molecule has 0 radical (unpaired) electrons. The fourth-order valence-corrected chi connectivity index (χ4v) is 4.25. The number of ether oxygens (including phenoxy) is 2. The van der Waals surface area contributed by atoms with Crippen LogP contribution in [-0.4, -0.2) is 56.5 Å². The van der Waals surface area contributed by atoms with Crippen molar-refractivity contribution in [1.82, 2.24) is 4.90 Å². The highest BCUT2D eigenvalue weighted by Gasteiger charge is 2.63. The van der Waals surface area contributed by atoms with Gasteiger partial charge in [-0.15, -0.1) is 0 Å². The maximum atomic E-state index is 13.4. The van der Waals surface area contributed by atoms with Gasteiger partial charge in [-0.3, -0.25) is 19.3 Å². The van der Waals surface area contributed by atoms with Crippen LogP contribution in [0.4, 0.5) is 5.69 Å². The molecule has 2 heterocycles. The predicted octanol–water partition coefficient (Wildman–Crippen LogP) is 2.51. The Labute approximate surface area is 171 Å². The second-order valence-electron chi connectivity index (χ2n) is 8.15. The molecule has 0 aliphatic carbocycles. The van der Waals surface area contributed by atoms with E-state index in [2.05, 4.69) is 13.8 Å². The van der Waals surface area contributed by atoms with Gasteiger partial charge in [0.25, 0.3) is 0 Å². The lowest BCUT2D eigenvalue weighted by Crippen LogP contribution is -2.47. The molecule has 0 saturated carbocycles. The summed E-state index contributed by atoms with van der Waals surface area (Å²) in [5, 5.41) is 0. The van der Waals surface area contributed by atoms with Crippen molar-refractivity contribution in [1.29, 1.82) is 0 Å². The molecule has 3 rings (SSSR count). The molecule has 1 spiro atoms. The van der Waals surface area contributed by atoms with Crippen LogP contribution in [0.5, 0.6) is 5.75 Å². The van der Waals surface area contributed by atoms with E-state index in [-0.39, 0.29) is 18.2 Å². The van der Waals surface area contributed by atoms with Crippen LogP contribution in [0.15, 0.2) is 18.2 Å². The Balaban J connectivity index is 1.92. The molecule has 0 aromatic heterocycles. The van der Waals surface area contributed by atoms with Crippen molar-refractivity contribution in [2.45, 2.75) is 44.9 Å². The number of hydrogen-bond acceptors (Lipinski definition) is 5. The number of methoxy groups -OCH3 is 2. The Bertz CT molecular complexity index is 806. The van der Waals surface area contributed by atoms with Crippen LogP contribution < -0.4 is 9.64 Å². The van der Waals surface area contributed by atoms with Crippen LogP contribution in [0.25, 0.3) is 0 Å². The Morgan fingerprint density at radius 1 is 1.03 bits per heavy atom. The van der Waals surface area contributed by atoms with Gasteiger partial charge >= 0.3 is 0 Å². The first-order valence-corrected chi connectivity index (χ1v) is 10.2. The minimum absolute atomic E-state index is 0.126.